The van der Waals surface area contributed by atoms with Gasteiger partial charge < -0.3 is 20.5 Å². The topological polar surface area (TPSA) is 139 Å². The number of carbonyl (C=O) groups excluding carboxylic acids is 1. The van der Waals surface area contributed by atoms with Gasteiger partial charge in [-0.3, -0.25) is 4.79 Å². The summed E-state index contributed by atoms with van der Waals surface area (Å²) in [5.74, 6) is -6.87. The second kappa shape index (κ2) is 14.8. The van der Waals surface area contributed by atoms with E-state index in [9.17, 15) is 26.4 Å². The number of nitrogens with zero attached hydrogens (tertiary/aromatic N) is 1. The summed E-state index contributed by atoms with van der Waals surface area (Å²) in [6, 6.07) is 12.5. The molecule has 3 aromatic carbocycles. The summed E-state index contributed by atoms with van der Waals surface area (Å²) in [7, 11) is -4.52. The number of sulfonamides is 1. The molecule has 0 spiro atoms. The monoisotopic (exact) mass is 749 g/mol. The Kier molecular flexibility index (Phi) is 11.5. The van der Waals surface area contributed by atoms with Gasteiger partial charge in [0.15, 0.2) is 6.04 Å². The first-order valence-corrected chi connectivity index (χ1v) is 17.0. The van der Waals surface area contributed by atoms with Crippen LogP contribution in [0, 0.1) is 0 Å². The van der Waals surface area contributed by atoms with E-state index in [1.807, 2.05) is 6.07 Å². The van der Waals surface area contributed by atoms with E-state index in [1.165, 1.54) is 41.3 Å². The first-order chi connectivity index (χ1) is 22.0. The zero-order valence-corrected chi connectivity index (χ0v) is 27.3. The van der Waals surface area contributed by atoms with Gasteiger partial charge in [-0.2, -0.15) is 26.7 Å². The summed E-state index contributed by atoms with van der Waals surface area (Å²) >= 11 is 3.22. The summed E-state index contributed by atoms with van der Waals surface area (Å²) in [4.78, 5) is 23.4. The first-order valence-electron chi connectivity index (χ1n) is 14.7. The second-order valence-corrected chi connectivity index (χ2v) is 14.0. The largest absolute Gasteiger partial charge is 0.490 e. The van der Waals surface area contributed by atoms with Gasteiger partial charge in [-0.1, -0.05) is 40.2 Å². The number of halogens is 6. The van der Waals surface area contributed by atoms with Gasteiger partial charge in [0.1, 0.15) is 5.75 Å². The minimum Gasteiger partial charge on any atom is -0.490 e. The highest BCUT2D eigenvalue weighted by molar-refractivity contribution is 9.10. The number of nitrogens with two attached hydrogens (primary N) is 1. The Morgan fingerprint density at radius 1 is 0.915 bits per heavy atom. The number of ether oxygens (including phenoxy) is 1. The number of carbonyl (C=O) groups is 2. The van der Waals surface area contributed by atoms with Crippen LogP contribution in [-0.2, 0) is 25.5 Å². The number of carboxylic acids is 1. The van der Waals surface area contributed by atoms with Gasteiger partial charge in [-0.05, 0) is 85.7 Å². The first kappa shape index (κ1) is 36.5. The molecule has 0 bridgehead atoms. The lowest BCUT2D eigenvalue weighted by molar-refractivity contribution is -0.192. The van der Waals surface area contributed by atoms with E-state index in [-0.39, 0.29) is 30.1 Å². The van der Waals surface area contributed by atoms with Crippen LogP contribution in [0.2, 0.25) is 0 Å². The van der Waals surface area contributed by atoms with Crippen molar-refractivity contribution in [2.24, 2.45) is 5.73 Å². The number of likely N-dealkylation sites (tertiary alicyclic amines) is 1. The summed E-state index contributed by atoms with van der Waals surface area (Å²) < 4.78 is 99.2. The lowest BCUT2D eigenvalue weighted by Crippen LogP contribution is -2.57. The van der Waals surface area contributed by atoms with Gasteiger partial charge >= 0.3 is 12.1 Å². The molecule has 3 aromatic rings. The molecule has 2 fully saturated rings. The molecule has 0 aromatic heterocycles. The molecule has 1 aliphatic heterocycles. The molecule has 1 unspecified atom stereocenters. The fraction of sp³-hybridized carbons (Fsp3) is 0.419. The molecule has 1 amide bonds. The average molecular weight is 751 g/mol. The van der Waals surface area contributed by atoms with Crippen molar-refractivity contribution in [3.05, 3.63) is 70.7 Å². The molecule has 47 heavy (non-hydrogen) atoms. The van der Waals surface area contributed by atoms with Crippen LogP contribution in [0.25, 0.3) is 10.8 Å². The van der Waals surface area contributed by atoms with Crippen LogP contribution in [0.3, 0.4) is 0 Å². The van der Waals surface area contributed by atoms with Crippen LogP contribution >= 0.6 is 15.9 Å². The number of rotatable bonds is 8. The number of fused-ring (bicyclic) bond motifs is 1. The van der Waals surface area contributed by atoms with Crippen molar-refractivity contribution in [2.45, 2.75) is 73.7 Å². The van der Waals surface area contributed by atoms with Crippen molar-refractivity contribution < 1.29 is 49.8 Å². The predicted molar refractivity (Wildman–Crippen MR) is 166 cm³/mol. The molecule has 2 aliphatic rings. The van der Waals surface area contributed by atoms with Crippen LogP contribution in [-0.4, -0.2) is 67.8 Å². The number of amides is 1. The van der Waals surface area contributed by atoms with E-state index in [2.05, 4.69) is 20.7 Å². The molecule has 1 saturated heterocycles. The fourth-order valence-electron chi connectivity index (χ4n) is 5.28. The van der Waals surface area contributed by atoms with Gasteiger partial charge in [0.05, 0.1) is 11.0 Å². The number of hydrogen-bond acceptors (Lipinski definition) is 6. The van der Waals surface area contributed by atoms with Gasteiger partial charge in [-0.15, -0.1) is 0 Å². The summed E-state index contributed by atoms with van der Waals surface area (Å²) in [6.07, 6.45) is 0.299. The molecular formula is C31H33BrF5N3O6S. The zero-order valence-electron chi connectivity index (χ0n) is 24.9. The minimum atomic E-state index is -5.08. The van der Waals surface area contributed by atoms with Crippen LogP contribution in [0.1, 0.15) is 44.1 Å². The van der Waals surface area contributed by atoms with Gasteiger partial charge in [-0.25, -0.2) is 13.2 Å². The number of carboxylic acid groups (broad SMARTS) is 1. The third-order valence-corrected chi connectivity index (χ3v) is 9.85. The van der Waals surface area contributed by atoms with Gasteiger partial charge in [0.25, 0.3) is 5.92 Å². The molecule has 1 heterocycles. The number of aliphatic carboxylic acids is 1. The van der Waals surface area contributed by atoms with E-state index in [0.29, 0.717) is 28.5 Å². The highest BCUT2D eigenvalue weighted by atomic mass is 79.9. The standard InChI is InChI=1S/C29H32BrF2N3O4S.C2HF3O2/c30-22-9-7-21(8-10-22)29(31,32)27(28(36)35-15-13-23(33)14-16-35)34-40(37,38)26-12-6-19-17-25(11-5-20(19)18-26)39-24-3-1-2-4-24;3-2(4,5)1(6)7/h5-12,17-18,23-24,27,34H,1-4,13-16,33H2;(H,6,7). The lowest BCUT2D eigenvalue weighted by Gasteiger charge is -2.35. The number of piperidine rings is 1. The highest BCUT2D eigenvalue weighted by Gasteiger charge is 2.50. The normalized spacial score (nSPS) is 17.2. The third kappa shape index (κ3) is 9.39. The fourth-order valence-corrected chi connectivity index (χ4v) is 6.77. The van der Waals surface area contributed by atoms with Crippen LogP contribution in [0.5, 0.6) is 5.75 Å². The van der Waals surface area contributed by atoms with Crippen molar-refractivity contribution in [1.82, 2.24) is 9.62 Å². The molecule has 4 N–H and O–H groups in total. The highest BCUT2D eigenvalue weighted by Crippen LogP contribution is 2.35. The molecule has 1 saturated carbocycles. The Balaban J connectivity index is 0.000000644. The van der Waals surface area contributed by atoms with Gasteiger partial charge in [0.2, 0.25) is 15.9 Å². The van der Waals surface area contributed by atoms with Crippen LogP contribution in [0.15, 0.2) is 70.0 Å². The molecule has 5 rings (SSSR count). The quantitative estimate of drug-likeness (QED) is 0.242. The van der Waals surface area contributed by atoms with E-state index < -0.39 is 45.6 Å². The number of alkyl halides is 5. The number of nitrogens with one attached hydrogen (secondary N) is 1. The Morgan fingerprint density at radius 2 is 1.47 bits per heavy atom. The summed E-state index contributed by atoms with van der Waals surface area (Å²) in [6.45, 7) is 0.353. The molecule has 16 heteroatoms. The molecule has 1 atom stereocenters. The third-order valence-electron chi connectivity index (χ3n) is 7.90. The molecule has 0 radical (unpaired) electrons. The van der Waals surface area contributed by atoms with Crippen molar-refractivity contribution in [3.63, 3.8) is 0 Å². The number of hydrogen-bond donors (Lipinski definition) is 3. The van der Waals surface area contributed by atoms with Crippen molar-refractivity contribution >= 4 is 48.6 Å². The van der Waals surface area contributed by atoms with Crippen molar-refractivity contribution in [2.75, 3.05) is 13.1 Å². The Morgan fingerprint density at radius 3 is 2.04 bits per heavy atom. The molecular weight excluding hydrogens is 717 g/mol. The van der Waals surface area contributed by atoms with E-state index in [0.717, 1.165) is 31.1 Å². The lowest BCUT2D eigenvalue weighted by atomic mass is 9.99. The number of benzene rings is 3. The van der Waals surface area contributed by atoms with Crippen LogP contribution in [0.4, 0.5) is 22.0 Å². The second-order valence-electron chi connectivity index (χ2n) is 11.3. The maximum atomic E-state index is 15.9. The molecule has 1 aliphatic carbocycles. The maximum absolute atomic E-state index is 15.9. The summed E-state index contributed by atoms with van der Waals surface area (Å²) in [5.41, 5.74) is 5.45. The Hall–Kier alpha value is -3.34. The van der Waals surface area contributed by atoms with Gasteiger partial charge in [0, 0.05) is 29.2 Å². The smallest absolute Gasteiger partial charge is 0.490 e. The minimum absolute atomic E-state index is 0.132. The molecule has 9 nitrogen and oxygen atoms in total. The Bertz CT molecular complexity index is 1680. The maximum Gasteiger partial charge on any atom is 0.490 e. The van der Waals surface area contributed by atoms with E-state index in [1.54, 1.807) is 18.2 Å². The Labute approximate surface area is 276 Å². The summed E-state index contributed by atoms with van der Waals surface area (Å²) in [5, 5.41) is 8.49. The van der Waals surface area contributed by atoms with E-state index in [4.69, 9.17) is 20.4 Å². The zero-order chi connectivity index (χ0) is 34.6. The predicted octanol–water partition coefficient (Wildman–Crippen LogP) is 5.95. The van der Waals surface area contributed by atoms with Crippen LogP contribution < -0.4 is 15.2 Å². The average Bonchev–Trinajstić information content (AvgIpc) is 3.53. The molecule has 256 valence electrons. The van der Waals surface area contributed by atoms with E-state index >= 15 is 8.78 Å². The SMILES string of the molecule is NC1CCN(C(=O)C(NS(=O)(=O)c2ccc3cc(OC4CCCC4)ccc3c2)C(F)(F)c2ccc(Br)cc2)CC1.O=C(O)C(F)(F)F. The van der Waals surface area contributed by atoms with Crippen molar-refractivity contribution in [1.29, 1.82) is 0 Å². The van der Waals surface area contributed by atoms with Crippen molar-refractivity contribution in [3.8, 4) is 5.75 Å².